The van der Waals surface area contributed by atoms with Gasteiger partial charge in [-0.05, 0) is 53.4 Å². The number of hydrogen-bond donors (Lipinski definition) is 2. The molecule has 1 saturated heterocycles. The van der Waals surface area contributed by atoms with E-state index in [1.54, 1.807) is 0 Å². The lowest BCUT2D eigenvalue weighted by Crippen LogP contribution is -2.62. The van der Waals surface area contributed by atoms with E-state index in [4.69, 9.17) is 0 Å². The summed E-state index contributed by atoms with van der Waals surface area (Å²) in [4.78, 5) is 0. The van der Waals surface area contributed by atoms with Crippen molar-refractivity contribution in [1.82, 2.24) is 10.6 Å². The number of piperidine rings is 1. The van der Waals surface area contributed by atoms with Crippen LogP contribution in [0.15, 0.2) is 0 Å². The van der Waals surface area contributed by atoms with Crippen molar-refractivity contribution in [3.8, 4) is 0 Å². The molecule has 108 valence electrons. The first-order valence-electron chi connectivity index (χ1n) is 7.83. The lowest BCUT2D eigenvalue weighted by atomic mass is 9.79. The van der Waals surface area contributed by atoms with Gasteiger partial charge in [0.2, 0.25) is 0 Å². The minimum absolute atomic E-state index is 0.252. The van der Waals surface area contributed by atoms with Gasteiger partial charge >= 0.3 is 0 Å². The molecule has 0 aliphatic carbocycles. The molecule has 2 N–H and O–H groups in total. The number of nitrogens with one attached hydrogen (secondary N) is 2. The minimum atomic E-state index is 0.252. The van der Waals surface area contributed by atoms with Crippen molar-refractivity contribution in [3.63, 3.8) is 0 Å². The van der Waals surface area contributed by atoms with Crippen LogP contribution in [-0.2, 0) is 0 Å². The molecule has 1 rings (SSSR count). The first kappa shape index (κ1) is 16.0. The smallest absolute Gasteiger partial charge is 0.0144 e. The fourth-order valence-corrected chi connectivity index (χ4v) is 3.78. The topological polar surface area (TPSA) is 24.1 Å². The molecule has 1 aliphatic heterocycles. The molecule has 0 atom stereocenters. The van der Waals surface area contributed by atoms with Crippen LogP contribution in [0.25, 0.3) is 0 Å². The van der Waals surface area contributed by atoms with Crippen LogP contribution in [0.4, 0.5) is 0 Å². The van der Waals surface area contributed by atoms with Crippen LogP contribution in [0.2, 0.25) is 0 Å². The van der Waals surface area contributed by atoms with Crippen molar-refractivity contribution in [2.75, 3.05) is 0 Å². The van der Waals surface area contributed by atoms with Gasteiger partial charge in [0.25, 0.3) is 0 Å². The Balaban J connectivity index is 2.58. The SMILES string of the molecule is CCCC(CCC)NC1CC(C)(C)NC(C)(C)C1. The summed E-state index contributed by atoms with van der Waals surface area (Å²) in [5, 5.41) is 7.69. The summed E-state index contributed by atoms with van der Waals surface area (Å²) in [5.74, 6) is 0. The molecule has 0 aromatic carbocycles. The molecular weight excluding hydrogens is 220 g/mol. The van der Waals surface area contributed by atoms with Crippen LogP contribution in [0.1, 0.15) is 80.1 Å². The molecule has 0 bridgehead atoms. The van der Waals surface area contributed by atoms with Crippen molar-refractivity contribution in [2.45, 2.75) is 103 Å². The fourth-order valence-electron chi connectivity index (χ4n) is 3.78. The lowest BCUT2D eigenvalue weighted by molar-refractivity contribution is 0.137. The largest absolute Gasteiger partial charge is 0.311 e. The van der Waals surface area contributed by atoms with E-state index in [1.165, 1.54) is 38.5 Å². The molecule has 1 fully saturated rings. The van der Waals surface area contributed by atoms with E-state index in [0.29, 0.717) is 6.04 Å². The monoisotopic (exact) mass is 254 g/mol. The Morgan fingerprint density at radius 1 is 1.00 bits per heavy atom. The summed E-state index contributed by atoms with van der Waals surface area (Å²) in [6.07, 6.45) is 7.68. The summed E-state index contributed by atoms with van der Waals surface area (Å²) in [6.45, 7) is 13.9. The van der Waals surface area contributed by atoms with Crippen molar-refractivity contribution in [2.24, 2.45) is 0 Å². The van der Waals surface area contributed by atoms with Gasteiger partial charge in [0.15, 0.2) is 0 Å². The zero-order valence-electron chi connectivity index (χ0n) is 13.4. The van der Waals surface area contributed by atoms with Gasteiger partial charge in [0.05, 0.1) is 0 Å². The molecule has 0 spiro atoms. The molecule has 1 aliphatic rings. The number of rotatable bonds is 6. The fraction of sp³-hybridized carbons (Fsp3) is 1.00. The predicted molar refractivity (Wildman–Crippen MR) is 81.1 cm³/mol. The van der Waals surface area contributed by atoms with Crippen LogP contribution in [0.5, 0.6) is 0 Å². The Hall–Kier alpha value is -0.0800. The maximum absolute atomic E-state index is 3.93. The van der Waals surface area contributed by atoms with E-state index < -0.39 is 0 Å². The summed E-state index contributed by atoms with van der Waals surface area (Å²) < 4.78 is 0. The van der Waals surface area contributed by atoms with Gasteiger partial charge in [0.1, 0.15) is 0 Å². The Bertz CT molecular complexity index is 223. The molecule has 0 radical (unpaired) electrons. The average molecular weight is 254 g/mol. The second-order valence-corrected chi connectivity index (χ2v) is 7.44. The van der Waals surface area contributed by atoms with Crippen LogP contribution in [0.3, 0.4) is 0 Å². The highest BCUT2D eigenvalue weighted by Crippen LogP contribution is 2.29. The van der Waals surface area contributed by atoms with E-state index >= 15 is 0 Å². The molecule has 0 amide bonds. The van der Waals surface area contributed by atoms with Gasteiger partial charge in [-0.3, -0.25) is 0 Å². The molecule has 1 heterocycles. The third-order valence-electron chi connectivity index (χ3n) is 3.94. The van der Waals surface area contributed by atoms with Crippen LogP contribution in [-0.4, -0.2) is 23.2 Å². The Labute approximate surface area is 114 Å². The molecule has 2 nitrogen and oxygen atoms in total. The van der Waals surface area contributed by atoms with E-state index in [-0.39, 0.29) is 11.1 Å². The van der Waals surface area contributed by atoms with Crippen LogP contribution >= 0.6 is 0 Å². The van der Waals surface area contributed by atoms with Gasteiger partial charge in [-0.15, -0.1) is 0 Å². The summed E-state index contributed by atoms with van der Waals surface area (Å²) in [6, 6.07) is 1.38. The highest BCUT2D eigenvalue weighted by molar-refractivity contribution is 5.00. The number of hydrogen-bond acceptors (Lipinski definition) is 2. The molecular formula is C16H34N2. The first-order valence-corrected chi connectivity index (χ1v) is 7.83. The van der Waals surface area contributed by atoms with Crippen LogP contribution in [0, 0.1) is 0 Å². The minimum Gasteiger partial charge on any atom is -0.311 e. The van der Waals surface area contributed by atoms with Gasteiger partial charge in [-0.2, -0.15) is 0 Å². The molecule has 18 heavy (non-hydrogen) atoms. The van der Waals surface area contributed by atoms with Gasteiger partial charge < -0.3 is 10.6 Å². The third kappa shape index (κ3) is 5.27. The molecule has 2 heteroatoms. The quantitative estimate of drug-likeness (QED) is 0.752. The summed E-state index contributed by atoms with van der Waals surface area (Å²) in [5.41, 5.74) is 0.505. The Morgan fingerprint density at radius 3 is 1.83 bits per heavy atom. The molecule has 0 unspecified atom stereocenters. The zero-order valence-corrected chi connectivity index (χ0v) is 13.4. The van der Waals surface area contributed by atoms with Crippen molar-refractivity contribution >= 4 is 0 Å². The van der Waals surface area contributed by atoms with Crippen molar-refractivity contribution in [3.05, 3.63) is 0 Å². The van der Waals surface area contributed by atoms with Crippen molar-refractivity contribution < 1.29 is 0 Å². The normalized spacial score (nSPS) is 23.5. The summed E-state index contributed by atoms with van der Waals surface area (Å²) in [7, 11) is 0. The highest BCUT2D eigenvalue weighted by atomic mass is 15.1. The van der Waals surface area contributed by atoms with Gasteiger partial charge in [-0.1, -0.05) is 26.7 Å². The second kappa shape index (κ2) is 6.38. The van der Waals surface area contributed by atoms with Gasteiger partial charge in [-0.25, -0.2) is 0 Å². The van der Waals surface area contributed by atoms with E-state index in [1.807, 2.05) is 0 Å². The summed E-state index contributed by atoms with van der Waals surface area (Å²) >= 11 is 0. The van der Waals surface area contributed by atoms with E-state index in [0.717, 1.165) is 6.04 Å². The third-order valence-corrected chi connectivity index (χ3v) is 3.94. The van der Waals surface area contributed by atoms with E-state index in [2.05, 4.69) is 52.2 Å². The standard InChI is InChI=1S/C16H34N2/c1-7-9-13(10-8-2)17-14-11-15(3,4)18-16(5,6)12-14/h13-14,17-18H,7-12H2,1-6H3. The maximum atomic E-state index is 3.93. The van der Waals surface area contributed by atoms with E-state index in [9.17, 15) is 0 Å². The zero-order chi connectivity index (χ0) is 13.8. The second-order valence-electron chi connectivity index (χ2n) is 7.44. The Kier molecular flexibility index (Phi) is 5.67. The average Bonchev–Trinajstić information content (AvgIpc) is 2.12. The van der Waals surface area contributed by atoms with Gasteiger partial charge in [0, 0.05) is 23.2 Å². The highest BCUT2D eigenvalue weighted by Gasteiger charge is 2.37. The van der Waals surface area contributed by atoms with Crippen molar-refractivity contribution in [1.29, 1.82) is 0 Å². The first-order chi connectivity index (χ1) is 8.28. The lowest BCUT2D eigenvalue weighted by Gasteiger charge is -2.47. The molecule has 0 saturated carbocycles. The molecule has 0 aromatic heterocycles. The van der Waals surface area contributed by atoms with Crippen LogP contribution < -0.4 is 10.6 Å². The predicted octanol–water partition coefficient (Wildman–Crippen LogP) is 3.85. The maximum Gasteiger partial charge on any atom is 0.0144 e. The Morgan fingerprint density at radius 2 is 1.44 bits per heavy atom. The molecule has 0 aromatic rings.